The van der Waals surface area contributed by atoms with Gasteiger partial charge in [-0.1, -0.05) is 34.1 Å². The Hall–Kier alpha value is -0.550. The Labute approximate surface area is 101 Å². The van der Waals surface area contributed by atoms with Crippen LogP contribution in [0.25, 0.3) is 0 Å². The standard InChI is InChI=1S/C11H12BrF3O/c1-16-7-9(12)6-8-4-2-3-5-10(8)11(13,14)15/h2-5,9H,6-7H2,1H3. The minimum atomic E-state index is -4.30. The van der Waals surface area contributed by atoms with Crippen LogP contribution in [0.1, 0.15) is 11.1 Å². The lowest BCUT2D eigenvalue weighted by atomic mass is 10.0. The zero-order valence-electron chi connectivity index (χ0n) is 8.72. The highest BCUT2D eigenvalue weighted by molar-refractivity contribution is 9.09. The van der Waals surface area contributed by atoms with Crippen LogP contribution in [0.5, 0.6) is 0 Å². The van der Waals surface area contributed by atoms with E-state index in [2.05, 4.69) is 15.9 Å². The van der Waals surface area contributed by atoms with E-state index in [1.54, 1.807) is 6.07 Å². The van der Waals surface area contributed by atoms with Gasteiger partial charge in [-0.2, -0.15) is 13.2 Å². The topological polar surface area (TPSA) is 9.23 Å². The van der Waals surface area contributed by atoms with E-state index in [1.807, 2.05) is 0 Å². The molecule has 1 nitrogen and oxygen atoms in total. The highest BCUT2D eigenvalue weighted by Crippen LogP contribution is 2.32. The van der Waals surface area contributed by atoms with Crippen LogP contribution in [0, 0.1) is 0 Å². The predicted molar refractivity (Wildman–Crippen MR) is 59.7 cm³/mol. The molecule has 1 rings (SSSR count). The average molecular weight is 297 g/mol. The van der Waals surface area contributed by atoms with E-state index < -0.39 is 11.7 Å². The van der Waals surface area contributed by atoms with Crippen molar-refractivity contribution in [2.24, 2.45) is 0 Å². The minimum absolute atomic E-state index is 0.110. The Morgan fingerprint density at radius 1 is 1.31 bits per heavy atom. The van der Waals surface area contributed by atoms with E-state index in [4.69, 9.17) is 4.74 Å². The number of rotatable bonds is 4. The van der Waals surface area contributed by atoms with Gasteiger partial charge in [-0.3, -0.25) is 0 Å². The summed E-state index contributed by atoms with van der Waals surface area (Å²) in [5.74, 6) is 0. The molecule has 0 saturated heterocycles. The van der Waals surface area contributed by atoms with Gasteiger partial charge in [-0.05, 0) is 18.1 Å². The largest absolute Gasteiger partial charge is 0.416 e. The maximum atomic E-state index is 12.6. The first kappa shape index (κ1) is 13.5. The molecule has 1 unspecified atom stereocenters. The van der Waals surface area contributed by atoms with E-state index >= 15 is 0 Å². The first-order valence-electron chi connectivity index (χ1n) is 4.73. The molecule has 0 heterocycles. The van der Waals surface area contributed by atoms with Crippen molar-refractivity contribution in [1.82, 2.24) is 0 Å². The van der Waals surface area contributed by atoms with Crippen LogP contribution in [0.15, 0.2) is 24.3 Å². The van der Waals surface area contributed by atoms with E-state index in [1.165, 1.54) is 19.2 Å². The molecule has 0 aromatic heterocycles. The molecule has 90 valence electrons. The van der Waals surface area contributed by atoms with Crippen LogP contribution in [0.3, 0.4) is 0 Å². The molecule has 0 spiro atoms. The first-order chi connectivity index (χ1) is 7.45. The van der Waals surface area contributed by atoms with Crippen LogP contribution < -0.4 is 0 Å². The number of ether oxygens (including phenoxy) is 1. The maximum Gasteiger partial charge on any atom is 0.416 e. The molecule has 0 N–H and O–H groups in total. The van der Waals surface area contributed by atoms with E-state index in [0.717, 1.165) is 6.07 Å². The van der Waals surface area contributed by atoms with Crippen molar-refractivity contribution < 1.29 is 17.9 Å². The van der Waals surface area contributed by atoms with Crippen LogP contribution >= 0.6 is 15.9 Å². The summed E-state index contributed by atoms with van der Waals surface area (Å²) in [4.78, 5) is -0.110. The summed E-state index contributed by atoms with van der Waals surface area (Å²) >= 11 is 3.28. The van der Waals surface area contributed by atoms with Gasteiger partial charge < -0.3 is 4.74 Å². The van der Waals surface area contributed by atoms with Gasteiger partial charge in [0.05, 0.1) is 12.2 Å². The molecule has 1 aromatic carbocycles. The molecule has 0 amide bonds. The summed E-state index contributed by atoms with van der Waals surface area (Å²) in [6.45, 7) is 0.381. The lowest BCUT2D eigenvalue weighted by Crippen LogP contribution is -2.15. The van der Waals surface area contributed by atoms with Crippen molar-refractivity contribution >= 4 is 15.9 Å². The molecule has 0 saturated carbocycles. The molecule has 1 aromatic rings. The monoisotopic (exact) mass is 296 g/mol. The van der Waals surface area contributed by atoms with Crippen molar-refractivity contribution in [3.63, 3.8) is 0 Å². The predicted octanol–water partition coefficient (Wildman–Crippen LogP) is 3.66. The molecule has 5 heteroatoms. The van der Waals surface area contributed by atoms with Crippen molar-refractivity contribution in [2.45, 2.75) is 17.4 Å². The SMILES string of the molecule is COCC(Br)Cc1ccccc1C(F)(F)F. The third kappa shape index (κ3) is 3.79. The van der Waals surface area contributed by atoms with Crippen molar-refractivity contribution in [3.8, 4) is 0 Å². The second-order valence-electron chi connectivity index (χ2n) is 3.41. The molecular weight excluding hydrogens is 285 g/mol. The number of alkyl halides is 4. The van der Waals surface area contributed by atoms with Crippen LogP contribution in [0.2, 0.25) is 0 Å². The van der Waals surface area contributed by atoms with Gasteiger partial charge in [0.25, 0.3) is 0 Å². The number of benzene rings is 1. The fraction of sp³-hybridized carbons (Fsp3) is 0.455. The molecule has 0 aliphatic carbocycles. The Balaban J connectivity index is 2.87. The van der Waals surface area contributed by atoms with Gasteiger partial charge in [0.2, 0.25) is 0 Å². The number of halogens is 4. The lowest BCUT2D eigenvalue weighted by molar-refractivity contribution is -0.138. The number of methoxy groups -OCH3 is 1. The van der Waals surface area contributed by atoms with Crippen molar-refractivity contribution in [1.29, 1.82) is 0 Å². The smallest absolute Gasteiger partial charge is 0.384 e. The molecule has 0 radical (unpaired) electrons. The summed E-state index contributed by atoms with van der Waals surface area (Å²) < 4.78 is 42.8. The first-order valence-corrected chi connectivity index (χ1v) is 5.65. The average Bonchev–Trinajstić information content (AvgIpc) is 2.17. The Bertz CT molecular complexity index is 338. The van der Waals surface area contributed by atoms with E-state index in [-0.39, 0.29) is 10.4 Å². The molecule has 0 aliphatic rings. The zero-order chi connectivity index (χ0) is 12.2. The molecule has 0 bridgehead atoms. The quantitative estimate of drug-likeness (QED) is 0.771. The summed E-state index contributed by atoms with van der Waals surface area (Å²) in [5, 5.41) is 0. The Morgan fingerprint density at radius 2 is 1.94 bits per heavy atom. The van der Waals surface area contributed by atoms with Crippen molar-refractivity contribution in [3.05, 3.63) is 35.4 Å². The second-order valence-corrected chi connectivity index (χ2v) is 4.71. The molecular formula is C11H12BrF3O. The Kier molecular flexibility index (Phi) is 4.80. The van der Waals surface area contributed by atoms with Gasteiger partial charge in [-0.15, -0.1) is 0 Å². The fourth-order valence-corrected chi connectivity index (χ4v) is 2.07. The van der Waals surface area contributed by atoms with Gasteiger partial charge in [0.15, 0.2) is 0 Å². The van der Waals surface area contributed by atoms with Gasteiger partial charge in [0.1, 0.15) is 0 Å². The number of hydrogen-bond acceptors (Lipinski definition) is 1. The zero-order valence-corrected chi connectivity index (χ0v) is 10.3. The van der Waals surface area contributed by atoms with Crippen LogP contribution in [-0.2, 0) is 17.3 Å². The molecule has 1 atom stereocenters. The number of hydrogen-bond donors (Lipinski definition) is 0. The summed E-state index contributed by atoms with van der Waals surface area (Å²) in [7, 11) is 1.52. The third-order valence-electron chi connectivity index (χ3n) is 2.11. The van der Waals surface area contributed by atoms with Crippen molar-refractivity contribution in [2.75, 3.05) is 13.7 Å². The Morgan fingerprint density at radius 3 is 2.50 bits per heavy atom. The van der Waals surface area contributed by atoms with Gasteiger partial charge >= 0.3 is 6.18 Å². The van der Waals surface area contributed by atoms with E-state index in [0.29, 0.717) is 13.0 Å². The highest BCUT2D eigenvalue weighted by atomic mass is 79.9. The van der Waals surface area contributed by atoms with Crippen LogP contribution in [0.4, 0.5) is 13.2 Å². The summed E-state index contributed by atoms with van der Waals surface area (Å²) in [5.41, 5.74) is -0.288. The molecule has 0 aliphatic heterocycles. The third-order valence-corrected chi connectivity index (χ3v) is 2.70. The molecule has 0 fully saturated rings. The van der Waals surface area contributed by atoms with E-state index in [9.17, 15) is 13.2 Å². The normalized spacial score (nSPS) is 13.8. The second kappa shape index (κ2) is 5.68. The highest BCUT2D eigenvalue weighted by Gasteiger charge is 2.33. The summed E-state index contributed by atoms with van der Waals surface area (Å²) in [6, 6.07) is 5.59. The molecule has 16 heavy (non-hydrogen) atoms. The fourth-order valence-electron chi connectivity index (χ4n) is 1.45. The van der Waals surface area contributed by atoms with Gasteiger partial charge in [-0.25, -0.2) is 0 Å². The minimum Gasteiger partial charge on any atom is -0.384 e. The van der Waals surface area contributed by atoms with Gasteiger partial charge in [0, 0.05) is 11.9 Å². The maximum absolute atomic E-state index is 12.6. The summed E-state index contributed by atoms with van der Waals surface area (Å²) in [6.07, 6.45) is -4.00. The lowest BCUT2D eigenvalue weighted by Gasteiger charge is -2.14. The van der Waals surface area contributed by atoms with Crippen LogP contribution in [-0.4, -0.2) is 18.5 Å².